The molecule has 1 aliphatic carbocycles. The third-order valence-electron chi connectivity index (χ3n) is 5.25. The Balaban J connectivity index is 1.46. The van der Waals surface area contributed by atoms with Gasteiger partial charge in [0.2, 0.25) is 5.96 Å². The van der Waals surface area contributed by atoms with Crippen molar-refractivity contribution in [1.82, 2.24) is 21.0 Å². The monoisotopic (exact) mass is 396 g/mol. The molecule has 3 aliphatic rings. The first kappa shape index (κ1) is 18.6. The van der Waals surface area contributed by atoms with E-state index in [4.69, 9.17) is 17.0 Å². The number of rotatable bonds is 5. The summed E-state index contributed by atoms with van der Waals surface area (Å²) >= 11 is 6.41. The smallest absolute Gasteiger partial charge is 0.216 e. The molecule has 2 heterocycles. The predicted octanol–water partition coefficient (Wildman–Crippen LogP) is 3.41. The van der Waals surface area contributed by atoms with E-state index in [1.165, 1.54) is 11.9 Å². The van der Waals surface area contributed by atoms with E-state index in [9.17, 15) is 0 Å². The van der Waals surface area contributed by atoms with Gasteiger partial charge >= 0.3 is 0 Å². The van der Waals surface area contributed by atoms with Crippen molar-refractivity contribution in [3.63, 3.8) is 0 Å². The van der Waals surface area contributed by atoms with Crippen molar-refractivity contribution >= 4 is 29.3 Å². The van der Waals surface area contributed by atoms with Crippen LogP contribution in [0.25, 0.3) is 5.57 Å². The molecule has 0 bridgehead atoms. The average molecular weight is 397 g/mol. The van der Waals surface area contributed by atoms with Crippen LogP contribution in [0.5, 0.6) is 0 Å². The Labute approximate surface area is 170 Å². The first-order valence-electron chi connectivity index (χ1n) is 9.69. The van der Waals surface area contributed by atoms with Gasteiger partial charge in [-0.2, -0.15) is 0 Å². The zero-order valence-electron chi connectivity index (χ0n) is 15.9. The van der Waals surface area contributed by atoms with E-state index >= 15 is 0 Å². The number of hydrogen-bond donors (Lipinski definition) is 4. The van der Waals surface area contributed by atoms with Gasteiger partial charge in [-0.05, 0) is 43.9 Å². The molecule has 4 N–H and O–H groups in total. The van der Waals surface area contributed by atoms with E-state index in [-0.39, 0.29) is 12.2 Å². The van der Waals surface area contributed by atoms with E-state index in [2.05, 4.69) is 34.1 Å². The molecular formula is C21H25ClN6. The summed E-state index contributed by atoms with van der Waals surface area (Å²) in [6, 6.07) is 8.12. The Morgan fingerprint density at radius 3 is 3.04 bits per heavy atom. The second kappa shape index (κ2) is 8.10. The van der Waals surface area contributed by atoms with Crippen LogP contribution in [-0.2, 0) is 0 Å². The van der Waals surface area contributed by atoms with Crippen LogP contribution in [0.4, 0.5) is 0 Å². The number of guanidine groups is 1. The Hall–Kier alpha value is -2.73. The molecule has 1 aromatic carbocycles. The molecule has 2 atom stereocenters. The van der Waals surface area contributed by atoms with E-state index < -0.39 is 0 Å². The maximum absolute atomic E-state index is 7.72. The number of hydrazone groups is 1. The Kier molecular flexibility index (Phi) is 5.39. The van der Waals surface area contributed by atoms with Gasteiger partial charge in [-0.15, -0.1) is 5.10 Å². The van der Waals surface area contributed by atoms with E-state index in [0.717, 1.165) is 53.5 Å². The van der Waals surface area contributed by atoms with Crippen molar-refractivity contribution in [2.75, 3.05) is 6.54 Å². The van der Waals surface area contributed by atoms with E-state index in [1.54, 1.807) is 0 Å². The number of benzene rings is 1. The fourth-order valence-electron chi connectivity index (χ4n) is 3.91. The van der Waals surface area contributed by atoms with Crippen LogP contribution in [0, 0.1) is 5.41 Å². The molecule has 4 rings (SSSR count). The molecule has 2 aliphatic heterocycles. The lowest BCUT2D eigenvalue weighted by molar-refractivity contribution is 0.359. The first-order valence-corrected chi connectivity index (χ1v) is 10.1. The quantitative estimate of drug-likeness (QED) is 0.575. The zero-order chi connectivity index (χ0) is 19.5. The molecule has 7 heteroatoms. The molecule has 6 nitrogen and oxygen atoms in total. The molecule has 0 saturated carbocycles. The third kappa shape index (κ3) is 3.64. The largest absolute Gasteiger partial charge is 0.388 e. The minimum Gasteiger partial charge on any atom is -0.388 e. The molecule has 0 spiro atoms. The van der Waals surface area contributed by atoms with Gasteiger partial charge in [-0.3, -0.25) is 0 Å². The van der Waals surface area contributed by atoms with Crippen LogP contribution in [0.2, 0.25) is 5.02 Å². The van der Waals surface area contributed by atoms with Crippen molar-refractivity contribution in [1.29, 1.82) is 5.41 Å². The van der Waals surface area contributed by atoms with Gasteiger partial charge in [0.1, 0.15) is 6.17 Å². The molecule has 0 saturated heterocycles. The summed E-state index contributed by atoms with van der Waals surface area (Å²) in [7, 11) is 0. The normalized spacial score (nSPS) is 23.6. The summed E-state index contributed by atoms with van der Waals surface area (Å²) in [5.74, 6) is 0.760. The Morgan fingerprint density at radius 1 is 1.39 bits per heavy atom. The molecule has 2 unspecified atom stereocenters. The third-order valence-corrected chi connectivity index (χ3v) is 5.58. The summed E-state index contributed by atoms with van der Waals surface area (Å²) in [5, 5.41) is 25.5. The summed E-state index contributed by atoms with van der Waals surface area (Å²) < 4.78 is 0. The molecule has 0 radical (unpaired) electrons. The highest BCUT2D eigenvalue weighted by Crippen LogP contribution is 2.32. The van der Waals surface area contributed by atoms with Crippen molar-refractivity contribution < 1.29 is 0 Å². The fraction of sp³-hybridized carbons (Fsp3) is 0.333. The summed E-state index contributed by atoms with van der Waals surface area (Å²) in [6.07, 6.45) is 10.2. The summed E-state index contributed by atoms with van der Waals surface area (Å²) in [4.78, 5) is 0. The summed E-state index contributed by atoms with van der Waals surface area (Å²) in [6.45, 7) is 2.98. The lowest BCUT2D eigenvalue weighted by atomic mass is 9.92. The van der Waals surface area contributed by atoms with Gasteiger partial charge in [0.25, 0.3) is 0 Å². The van der Waals surface area contributed by atoms with Crippen LogP contribution in [0.1, 0.15) is 31.7 Å². The minimum atomic E-state index is -0.0777. The second-order valence-corrected chi connectivity index (χ2v) is 7.49. The maximum Gasteiger partial charge on any atom is 0.216 e. The SMILES string of the molecule is CCNC1=C(C=N)CC(NC2=NN3C=CC=C(c4ccccc4Cl)C3N2)CC1. The van der Waals surface area contributed by atoms with Crippen molar-refractivity contribution in [3.05, 3.63) is 64.5 Å². The van der Waals surface area contributed by atoms with Crippen molar-refractivity contribution in [2.45, 2.75) is 38.4 Å². The molecule has 146 valence electrons. The number of hydrogen-bond acceptors (Lipinski definition) is 6. The van der Waals surface area contributed by atoms with Crippen LogP contribution in [0.15, 0.2) is 59.0 Å². The highest BCUT2D eigenvalue weighted by molar-refractivity contribution is 6.32. The molecule has 28 heavy (non-hydrogen) atoms. The predicted molar refractivity (Wildman–Crippen MR) is 115 cm³/mol. The second-order valence-electron chi connectivity index (χ2n) is 7.08. The molecule has 0 fully saturated rings. The van der Waals surface area contributed by atoms with Crippen LogP contribution >= 0.6 is 11.6 Å². The van der Waals surface area contributed by atoms with Gasteiger partial charge in [-0.25, -0.2) is 5.01 Å². The Bertz CT molecular complexity index is 885. The topological polar surface area (TPSA) is 75.5 Å². The van der Waals surface area contributed by atoms with Crippen LogP contribution < -0.4 is 16.0 Å². The highest BCUT2D eigenvalue weighted by Gasteiger charge is 2.32. The Morgan fingerprint density at radius 2 is 2.25 bits per heavy atom. The lowest BCUT2D eigenvalue weighted by Crippen LogP contribution is -2.46. The van der Waals surface area contributed by atoms with Gasteiger partial charge in [0.15, 0.2) is 0 Å². The van der Waals surface area contributed by atoms with Crippen molar-refractivity contribution in [3.8, 4) is 0 Å². The molecular weight excluding hydrogens is 372 g/mol. The number of allylic oxidation sites excluding steroid dienone is 3. The lowest BCUT2D eigenvalue weighted by Gasteiger charge is -2.28. The van der Waals surface area contributed by atoms with Gasteiger partial charge in [0, 0.05) is 46.9 Å². The van der Waals surface area contributed by atoms with Crippen LogP contribution in [0.3, 0.4) is 0 Å². The van der Waals surface area contributed by atoms with Gasteiger partial charge < -0.3 is 21.4 Å². The molecule has 1 aromatic rings. The van der Waals surface area contributed by atoms with E-state index in [1.807, 2.05) is 41.6 Å². The van der Waals surface area contributed by atoms with Crippen LogP contribution in [-0.4, -0.2) is 35.9 Å². The highest BCUT2D eigenvalue weighted by atomic mass is 35.5. The number of nitrogens with zero attached hydrogens (tertiary/aromatic N) is 2. The number of fused-ring (bicyclic) bond motifs is 1. The molecule has 0 amide bonds. The maximum atomic E-state index is 7.72. The van der Waals surface area contributed by atoms with Gasteiger partial charge in [0.05, 0.1) is 0 Å². The minimum absolute atomic E-state index is 0.0777. The molecule has 0 aromatic heterocycles. The van der Waals surface area contributed by atoms with E-state index in [0.29, 0.717) is 0 Å². The first-order chi connectivity index (χ1) is 13.7. The summed E-state index contributed by atoms with van der Waals surface area (Å²) in [5.41, 5.74) is 4.36. The average Bonchev–Trinajstić information content (AvgIpc) is 3.12. The standard InChI is InChI=1S/C21H25ClN6/c1-2-24-19-10-9-15(12-14(19)13-23)25-21-26-20-17(7-5-11-28(20)27-21)16-6-3-4-8-18(16)22/h3-8,11,13,15,20,23-24H,2,9-10,12H2,1H3,(H2,25,26,27). The van der Waals surface area contributed by atoms with Gasteiger partial charge in [-0.1, -0.05) is 35.9 Å². The number of nitrogens with one attached hydrogen (secondary N) is 4. The zero-order valence-corrected chi connectivity index (χ0v) is 16.6. The number of halogens is 1. The van der Waals surface area contributed by atoms with Crippen molar-refractivity contribution in [2.24, 2.45) is 5.10 Å². The fourth-order valence-corrected chi connectivity index (χ4v) is 4.16.